The van der Waals surface area contributed by atoms with Gasteiger partial charge in [-0.05, 0) is 0 Å². The Bertz CT molecular complexity index is 958. The second-order valence-electron chi connectivity index (χ2n) is 7.67. The summed E-state index contributed by atoms with van der Waals surface area (Å²) in [6, 6.07) is 13.7. The quantitative estimate of drug-likeness (QED) is 0.526. The van der Waals surface area contributed by atoms with E-state index in [4.69, 9.17) is 0 Å². The molecule has 2 aliphatic carbocycles. The van der Waals surface area contributed by atoms with E-state index in [1.165, 1.54) is 16.3 Å². The molecule has 0 amide bonds. The number of fused-ring (bicyclic) bond motifs is 3. The van der Waals surface area contributed by atoms with Gasteiger partial charge in [-0.2, -0.15) is 0 Å². The van der Waals surface area contributed by atoms with Gasteiger partial charge in [0.2, 0.25) is 0 Å². The minimum absolute atomic E-state index is 0. The zero-order valence-corrected chi connectivity index (χ0v) is 24.1. The molecule has 0 nitrogen and oxygen atoms in total. The smallest absolute Gasteiger partial charge is 1.00 e. The van der Waals surface area contributed by atoms with Crippen LogP contribution in [0.2, 0.25) is 6.55 Å². The molecule has 0 aromatic heterocycles. The first kappa shape index (κ1) is 26.6. The van der Waals surface area contributed by atoms with Crippen molar-refractivity contribution in [2.75, 3.05) is 0 Å². The molecule has 0 fully saturated rings. The van der Waals surface area contributed by atoms with Crippen molar-refractivity contribution in [2.24, 2.45) is 5.92 Å². The first-order chi connectivity index (χ1) is 13.0. The molecule has 4 heteroatoms. The summed E-state index contributed by atoms with van der Waals surface area (Å²) in [6.07, 6.45) is 5.04. The third-order valence-corrected chi connectivity index (χ3v) is 24.6. The van der Waals surface area contributed by atoms with Crippen molar-refractivity contribution >= 4 is 23.5 Å². The van der Waals surface area contributed by atoms with Gasteiger partial charge < -0.3 is 24.8 Å². The van der Waals surface area contributed by atoms with Gasteiger partial charge in [-0.3, -0.25) is 0 Å². The van der Waals surface area contributed by atoms with Gasteiger partial charge in [0.25, 0.3) is 0 Å². The molecule has 2 atom stereocenters. The minimum Gasteiger partial charge on any atom is -1.00 e. The van der Waals surface area contributed by atoms with E-state index in [-0.39, 0.29) is 31.5 Å². The summed E-state index contributed by atoms with van der Waals surface area (Å²) < 4.78 is 2.71. The minimum atomic E-state index is -1.65. The fourth-order valence-corrected chi connectivity index (χ4v) is 25.4. The van der Waals surface area contributed by atoms with E-state index in [1.807, 2.05) is 17.1 Å². The standard InChI is InChI=1S/C14H11.C8H11.C2H6.CH5Si.2ClH.Zr/c1-10-8-12-7-6-11-4-2-3-5-13(11)14(12)9-10;1-6-4-7(2)8(3)5-6;2*1-2;;;/h2-9H,1H3;4,6H,1-3H3;1-2H3;2H2,1H3;2*1H;/q;;;;;;+2/p-2. The van der Waals surface area contributed by atoms with E-state index in [0.717, 1.165) is 3.63 Å². The van der Waals surface area contributed by atoms with Crippen molar-refractivity contribution in [1.82, 2.24) is 0 Å². The molecule has 0 saturated carbocycles. The molecule has 4 rings (SSSR count). The predicted octanol–water partition coefficient (Wildman–Crippen LogP) is 0.952. The fourth-order valence-electron chi connectivity index (χ4n) is 4.96. The van der Waals surface area contributed by atoms with Crippen molar-refractivity contribution in [3.8, 4) is 0 Å². The van der Waals surface area contributed by atoms with Gasteiger partial charge in [0.15, 0.2) is 0 Å². The molecule has 0 bridgehead atoms. The van der Waals surface area contributed by atoms with Crippen molar-refractivity contribution in [2.45, 2.75) is 51.7 Å². The van der Waals surface area contributed by atoms with Gasteiger partial charge in [0, 0.05) is 0 Å². The first-order valence-electron chi connectivity index (χ1n) is 10.5. The monoisotopic (exact) mass is 521 g/mol. The molecule has 2 aromatic rings. The van der Waals surface area contributed by atoms with Gasteiger partial charge >= 0.3 is 162 Å². The van der Waals surface area contributed by atoms with Crippen LogP contribution in [-0.4, -0.2) is 6.65 Å². The van der Waals surface area contributed by atoms with Crippen LogP contribution in [0.15, 0.2) is 62.5 Å². The van der Waals surface area contributed by atoms with E-state index < -0.39 is 20.9 Å². The zero-order chi connectivity index (χ0) is 19.7. The van der Waals surface area contributed by atoms with Crippen LogP contribution in [0.1, 0.15) is 56.3 Å². The van der Waals surface area contributed by atoms with Gasteiger partial charge in [-0.25, -0.2) is 0 Å². The van der Waals surface area contributed by atoms with Crippen molar-refractivity contribution in [3.05, 3.63) is 73.6 Å². The van der Waals surface area contributed by atoms with Gasteiger partial charge in [0.1, 0.15) is 0 Å². The van der Waals surface area contributed by atoms with Crippen LogP contribution in [-0.2, 0) is 20.9 Å². The Balaban J connectivity index is 0.00000102. The Morgan fingerprint density at radius 3 is 2.17 bits per heavy atom. The summed E-state index contributed by atoms with van der Waals surface area (Å²) in [4.78, 5) is 0. The molecular weight excluding hydrogens is 490 g/mol. The second-order valence-corrected chi connectivity index (χ2v) is 23.4. The maximum absolute atomic E-state index is 2.59. The topological polar surface area (TPSA) is 0 Å². The van der Waals surface area contributed by atoms with E-state index in [0.29, 0.717) is 5.92 Å². The summed E-state index contributed by atoms with van der Waals surface area (Å²) in [6.45, 7) is 16.2. The maximum Gasteiger partial charge on any atom is -1.00 e. The molecule has 0 saturated heterocycles. The number of benzene rings is 2. The van der Waals surface area contributed by atoms with E-state index in [2.05, 4.69) is 82.8 Å². The molecule has 29 heavy (non-hydrogen) atoms. The second kappa shape index (κ2) is 11.3. The van der Waals surface area contributed by atoms with Crippen LogP contribution in [0.25, 0.3) is 16.8 Å². The Morgan fingerprint density at radius 2 is 1.59 bits per heavy atom. The largest absolute Gasteiger partial charge is 1.00 e. The van der Waals surface area contributed by atoms with E-state index in [1.54, 1.807) is 22.3 Å². The molecule has 0 heterocycles. The molecule has 2 aromatic carbocycles. The SMILES string of the molecule is CC.C[SiH2][Zr+2]([C]1=C(C)C(C)=CC1C)[CH]1C(C)=Cc2c1ccc1ccccc21.[Cl-].[Cl-]. The Hall–Kier alpha value is -0.400. The summed E-state index contributed by atoms with van der Waals surface area (Å²) in [7, 11) is 0. The van der Waals surface area contributed by atoms with Crippen LogP contribution in [0, 0.1) is 5.92 Å². The van der Waals surface area contributed by atoms with Crippen molar-refractivity contribution in [3.63, 3.8) is 0 Å². The summed E-state index contributed by atoms with van der Waals surface area (Å²) in [5, 5.41) is 2.83. The third-order valence-electron chi connectivity index (χ3n) is 6.17. The summed E-state index contributed by atoms with van der Waals surface area (Å²) in [5.74, 6) is 0.694. The average molecular weight is 524 g/mol. The van der Waals surface area contributed by atoms with E-state index >= 15 is 0 Å². The molecule has 0 N–H and O–H groups in total. The zero-order valence-electron chi connectivity index (χ0n) is 18.7. The average Bonchev–Trinajstić information content (AvgIpc) is 3.15. The molecular formula is C25H33Cl2SiZr. The van der Waals surface area contributed by atoms with Crippen LogP contribution < -0.4 is 24.8 Å². The van der Waals surface area contributed by atoms with Gasteiger partial charge in [-0.15, -0.1) is 0 Å². The van der Waals surface area contributed by atoms with Gasteiger partial charge in [-0.1, -0.05) is 13.8 Å². The normalized spacial score (nSPS) is 19.8. The number of hydrogen-bond donors (Lipinski definition) is 0. The maximum atomic E-state index is 2.59. The number of halogens is 2. The number of hydrogen-bond acceptors (Lipinski definition) is 0. The first-order valence-corrected chi connectivity index (χ1v) is 20.5. The van der Waals surface area contributed by atoms with E-state index in [9.17, 15) is 0 Å². The van der Waals surface area contributed by atoms with Crippen LogP contribution >= 0.6 is 0 Å². The number of rotatable bonds is 3. The van der Waals surface area contributed by atoms with Crippen LogP contribution in [0.3, 0.4) is 0 Å². The molecule has 2 aliphatic rings. The molecule has 0 spiro atoms. The molecule has 2 unspecified atom stereocenters. The van der Waals surface area contributed by atoms with Crippen LogP contribution in [0.5, 0.6) is 0 Å². The predicted molar refractivity (Wildman–Crippen MR) is 122 cm³/mol. The third kappa shape index (κ3) is 4.77. The fraction of sp³-hybridized carbons (Fsp3) is 0.360. The summed E-state index contributed by atoms with van der Waals surface area (Å²) in [5.41, 5.74) is 8.01. The number of allylic oxidation sites excluding steroid dienone is 5. The van der Waals surface area contributed by atoms with Crippen molar-refractivity contribution in [1.29, 1.82) is 0 Å². The Morgan fingerprint density at radius 1 is 0.931 bits per heavy atom. The Labute approximate surface area is 199 Å². The molecule has 0 aliphatic heterocycles. The van der Waals surface area contributed by atoms with Gasteiger partial charge in [0.05, 0.1) is 0 Å². The molecule has 155 valence electrons. The molecule has 0 radical (unpaired) electrons. The Kier molecular flexibility index (Phi) is 10.4. The van der Waals surface area contributed by atoms with Crippen molar-refractivity contribution < 1.29 is 45.7 Å². The van der Waals surface area contributed by atoms with Crippen LogP contribution in [0.4, 0.5) is 0 Å². The summed E-state index contributed by atoms with van der Waals surface area (Å²) >= 11 is -1.65.